The molecule has 0 spiro atoms. The number of fused-ring (bicyclic) bond motifs is 1. The monoisotopic (exact) mass is 460 g/mol. The molecule has 8 atom stereocenters. The SMILES string of the molecule is C/C=C/[C@]1(C)C[C@H](OC(=O)C(C)(C)CC)[C@@H]2[C@@H](CC[C@@H]3C[C@@H](O)CC(=O)O3)[C@@H](C)C=C[C@H]2C1. The van der Waals surface area contributed by atoms with Crippen molar-refractivity contribution in [2.45, 2.75) is 105 Å². The number of aliphatic hydroxyl groups excluding tert-OH is 1. The number of carbonyl (C=O) groups excluding carboxylic acids is 2. The molecule has 186 valence electrons. The molecule has 0 aromatic heterocycles. The standard InChI is InChI=1S/C28H44O5/c1-7-13-28(6)16-19-10-9-18(3)22(12-11-21-14-20(29)15-24(30)32-21)25(19)23(17-28)33-26(31)27(4,5)8-2/h7,9-10,13,18-23,25,29H,8,11-12,14-17H2,1-6H3/b13-7+/t18-,19-,20+,21+,22-,23-,25-,28-/m0/s1. The zero-order valence-electron chi connectivity index (χ0n) is 21.4. The number of esters is 2. The molecule has 3 aliphatic rings. The van der Waals surface area contributed by atoms with Crippen LogP contribution in [0.2, 0.25) is 0 Å². The van der Waals surface area contributed by atoms with Crippen LogP contribution in [0.25, 0.3) is 0 Å². The predicted octanol–water partition coefficient (Wildman–Crippen LogP) is 5.61. The second kappa shape index (κ2) is 10.3. The van der Waals surface area contributed by atoms with E-state index in [-0.39, 0.29) is 41.9 Å². The lowest BCUT2D eigenvalue weighted by Gasteiger charge is -2.51. The quantitative estimate of drug-likeness (QED) is 0.395. The molecule has 2 fully saturated rings. The smallest absolute Gasteiger partial charge is 0.311 e. The van der Waals surface area contributed by atoms with Gasteiger partial charge in [-0.25, -0.2) is 0 Å². The fraction of sp³-hybridized carbons (Fsp3) is 0.786. The maximum atomic E-state index is 13.1. The summed E-state index contributed by atoms with van der Waals surface area (Å²) in [5.41, 5.74) is -0.502. The Kier molecular flexibility index (Phi) is 8.14. The lowest BCUT2D eigenvalue weighted by molar-refractivity contribution is -0.172. The van der Waals surface area contributed by atoms with E-state index in [0.717, 1.165) is 32.1 Å². The lowest BCUT2D eigenvalue weighted by Crippen LogP contribution is -2.49. The molecule has 0 aromatic rings. The summed E-state index contributed by atoms with van der Waals surface area (Å²) in [6, 6.07) is 0. The molecule has 5 nitrogen and oxygen atoms in total. The summed E-state index contributed by atoms with van der Waals surface area (Å²) in [6.07, 6.45) is 13.0. The first-order valence-corrected chi connectivity index (χ1v) is 12.9. The molecule has 5 heteroatoms. The van der Waals surface area contributed by atoms with Crippen molar-refractivity contribution in [3.05, 3.63) is 24.3 Å². The van der Waals surface area contributed by atoms with Crippen LogP contribution in [0.3, 0.4) is 0 Å². The zero-order valence-corrected chi connectivity index (χ0v) is 21.4. The van der Waals surface area contributed by atoms with E-state index < -0.39 is 11.5 Å². The number of hydrogen-bond acceptors (Lipinski definition) is 5. The van der Waals surface area contributed by atoms with Crippen molar-refractivity contribution in [1.82, 2.24) is 0 Å². The van der Waals surface area contributed by atoms with Crippen molar-refractivity contribution in [2.24, 2.45) is 34.5 Å². The summed E-state index contributed by atoms with van der Waals surface area (Å²) in [5, 5.41) is 10.00. The summed E-state index contributed by atoms with van der Waals surface area (Å²) in [6.45, 7) is 12.5. The maximum absolute atomic E-state index is 13.1. The summed E-state index contributed by atoms with van der Waals surface area (Å²) in [5.74, 6) is 0.898. The number of cyclic esters (lactones) is 1. The third-order valence-electron chi connectivity index (χ3n) is 8.45. The second-order valence-corrected chi connectivity index (χ2v) is 11.7. The molecule has 1 heterocycles. The van der Waals surface area contributed by atoms with Gasteiger partial charge in [0.2, 0.25) is 0 Å². The molecule has 0 amide bonds. The van der Waals surface area contributed by atoms with Crippen LogP contribution in [-0.4, -0.2) is 35.4 Å². The van der Waals surface area contributed by atoms with E-state index in [1.807, 2.05) is 20.8 Å². The van der Waals surface area contributed by atoms with Gasteiger partial charge >= 0.3 is 11.9 Å². The summed E-state index contributed by atoms with van der Waals surface area (Å²) in [4.78, 5) is 24.9. The van der Waals surface area contributed by atoms with Gasteiger partial charge in [0.25, 0.3) is 0 Å². The van der Waals surface area contributed by atoms with Crippen LogP contribution in [0.4, 0.5) is 0 Å². The number of carbonyl (C=O) groups is 2. The van der Waals surface area contributed by atoms with Crippen molar-refractivity contribution in [2.75, 3.05) is 0 Å². The Hall–Kier alpha value is -1.62. The molecular formula is C28H44O5. The highest BCUT2D eigenvalue weighted by molar-refractivity contribution is 5.76. The van der Waals surface area contributed by atoms with Gasteiger partial charge in [-0.15, -0.1) is 0 Å². The van der Waals surface area contributed by atoms with E-state index in [0.29, 0.717) is 24.2 Å². The molecule has 0 aromatic carbocycles. The molecule has 3 rings (SSSR count). The van der Waals surface area contributed by atoms with Gasteiger partial charge in [-0.1, -0.05) is 45.1 Å². The number of rotatable bonds is 7. The largest absolute Gasteiger partial charge is 0.462 e. The maximum Gasteiger partial charge on any atom is 0.311 e. The Morgan fingerprint density at radius 3 is 2.67 bits per heavy atom. The van der Waals surface area contributed by atoms with Crippen LogP contribution in [0, 0.1) is 34.5 Å². The third-order valence-corrected chi connectivity index (χ3v) is 8.45. The fourth-order valence-electron chi connectivity index (χ4n) is 6.20. The van der Waals surface area contributed by atoms with Crippen LogP contribution >= 0.6 is 0 Å². The minimum atomic E-state index is -0.603. The van der Waals surface area contributed by atoms with Gasteiger partial charge in [-0.05, 0) is 76.0 Å². The Morgan fingerprint density at radius 1 is 1.30 bits per heavy atom. The Bertz CT molecular complexity index is 768. The first-order valence-electron chi connectivity index (χ1n) is 12.9. The van der Waals surface area contributed by atoms with Crippen molar-refractivity contribution >= 4 is 11.9 Å². The molecule has 1 saturated heterocycles. The normalized spacial score (nSPS) is 39.2. The molecule has 1 N–H and O–H groups in total. The Labute approximate surface area is 200 Å². The third kappa shape index (κ3) is 6.09. The van der Waals surface area contributed by atoms with Crippen LogP contribution in [0.5, 0.6) is 0 Å². The zero-order chi connectivity index (χ0) is 24.4. The van der Waals surface area contributed by atoms with E-state index in [1.165, 1.54) is 0 Å². The predicted molar refractivity (Wildman–Crippen MR) is 129 cm³/mol. The van der Waals surface area contributed by atoms with Crippen LogP contribution in [0.15, 0.2) is 24.3 Å². The second-order valence-electron chi connectivity index (χ2n) is 11.7. The van der Waals surface area contributed by atoms with E-state index in [1.54, 1.807) is 0 Å². The first kappa shape index (κ1) is 26.0. The summed E-state index contributed by atoms with van der Waals surface area (Å²) < 4.78 is 11.9. The highest BCUT2D eigenvalue weighted by Crippen LogP contribution is 2.52. The molecule has 33 heavy (non-hydrogen) atoms. The van der Waals surface area contributed by atoms with Gasteiger partial charge < -0.3 is 14.6 Å². The Balaban J connectivity index is 1.83. The topological polar surface area (TPSA) is 72.8 Å². The minimum absolute atomic E-state index is 0.00427. The van der Waals surface area contributed by atoms with Crippen LogP contribution in [-0.2, 0) is 19.1 Å². The molecule has 1 saturated carbocycles. The number of ether oxygens (including phenoxy) is 2. The van der Waals surface area contributed by atoms with E-state index in [2.05, 4.69) is 45.1 Å². The summed E-state index contributed by atoms with van der Waals surface area (Å²) in [7, 11) is 0. The molecule has 1 aliphatic heterocycles. The first-order chi connectivity index (χ1) is 15.5. The Morgan fingerprint density at radius 2 is 2.03 bits per heavy atom. The molecule has 0 unspecified atom stereocenters. The van der Waals surface area contributed by atoms with E-state index >= 15 is 0 Å². The highest BCUT2D eigenvalue weighted by atomic mass is 16.6. The van der Waals surface area contributed by atoms with Crippen molar-refractivity contribution < 1.29 is 24.2 Å². The molecule has 0 radical (unpaired) electrons. The average Bonchev–Trinajstić information content (AvgIpc) is 2.72. The van der Waals surface area contributed by atoms with Gasteiger partial charge in [0.05, 0.1) is 17.9 Å². The van der Waals surface area contributed by atoms with Gasteiger partial charge in [-0.3, -0.25) is 9.59 Å². The number of allylic oxidation sites excluding steroid dienone is 4. The minimum Gasteiger partial charge on any atom is -0.462 e. The van der Waals surface area contributed by atoms with Gasteiger partial charge in [0.1, 0.15) is 12.2 Å². The number of aliphatic hydroxyl groups is 1. The van der Waals surface area contributed by atoms with Gasteiger partial charge in [0, 0.05) is 12.3 Å². The van der Waals surface area contributed by atoms with Crippen LogP contribution < -0.4 is 0 Å². The van der Waals surface area contributed by atoms with Crippen molar-refractivity contribution in [3.63, 3.8) is 0 Å². The average molecular weight is 461 g/mol. The lowest BCUT2D eigenvalue weighted by atomic mass is 9.56. The molecule has 2 aliphatic carbocycles. The van der Waals surface area contributed by atoms with Gasteiger partial charge in [0.15, 0.2) is 0 Å². The van der Waals surface area contributed by atoms with Gasteiger partial charge in [-0.2, -0.15) is 0 Å². The fourth-order valence-corrected chi connectivity index (χ4v) is 6.20. The van der Waals surface area contributed by atoms with E-state index in [9.17, 15) is 14.7 Å². The van der Waals surface area contributed by atoms with Crippen molar-refractivity contribution in [3.8, 4) is 0 Å². The summed E-state index contributed by atoms with van der Waals surface area (Å²) >= 11 is 0. The van der Waals surface area contributed by atoms with Crippen LogP contribution in [0.1, 0.15) is 86.5 Å². The van der Waals surface area contributed by atoms with Crippen molar-refractivity contribution in [1.29, 1.82) is 0 Å². The van der Waals surface area contributed by atoms with E-state index in [4.69, 9.17) is 9.47 Å². The highest BCUT2D eigenvalue weighted by Gasteiger charge is 2.49. The molecule has 0 bridgehead atoms. The molecular weight excluding hydrogens is 416 g/mol. The number of hydrogen-bond donors (Lipinski definition) is 1.